The number of fused-ring (bicyclic) bond motifs is 1. The molecule has 1 N–H and O–H groups in total. The summed E-state index contributed by atoms with van der Waals surface area (Å²) in [5.74, 6) is 1.51. The number of rotatable bonds is 4. The predicted octanol–water partition coefficient (Wildman–Crippen LogP) is 4.27. The first-order valence-corrected chi connectivity index (χ1v) is 10.1. The maximum Gasteiger partial charge on any atom is 0.255 e. The van der Waals surface area contributed by atoms with Crippen LogP contribution in [0.1, 0.15) is 27.9 Å². The molecule has 0 fully saturated rings. The fourth-order valence-electron chi connectivity index (χ4n) is 3.85. The number of benzene rings is 2. The third-order valence-electron chi connectivity index (χ3n) is 5.73. The van der Waals surface area contributed by atoms with Crippen LogP contribution in [0.25, 0.3) is 11.4 Å². The van der Waals surface area contributed by atoms with E-state index in [1.807, 2.05) is 18.2 Å². The van der Waals surface area contributed by atoms with Crippen LogP contribution >= 0.6 is 11.6 Å². The van der Waals surface area contributed by atoms with Crippen molar-refractivity contribution in [1.82, 2.24) is 14.9 Å². The van der Waals surface area contributed by atoms with Crippen LogP contribution in [0, 0.1) is 13.8 Å². The van der Waals surface area contributed by atoms with Crippen LogP contribution in [-0.4, -0.2) is 28.5 Å². The Morgan fingerprint density at radius 2 is 1.90 bits per heavy atom. The highest BCUT2D eigenvalue weighted by atomic mass is 35.5. The third kappa shape index (κ3) is 3.93. The van der Waals surface area contributed by atoms with Crippen molar-refractivity contribution >= 4 is 11.6 Å². The highest BCUT2D eigenvalue weighted by molar-refractivity contribution is 6.30. The lowest BCUT2D eigenvalue weighted by molar-refractivity contribution is 0.241. The van der Waals surface area contributed by atoms with Crippen LogP contribution < -0.4 is 10.3 Å². The van der Waals surface area contributed by atoms with Gasteiger partial charge in [0, 0.05) is 36.6 Å². The van der Waals surface area contributed by atoms with E-state index in [0.29, 0.717) is 17.4 Å². The highest BCUT2D eigenvalue weighted by Gasteiger charge is 2.22. The van der Waals surface area contributed by atoms with Gasteiger partial charge in [0.25, 0.3) is 5.56 Å². The molecule has 3 aromatic rings. The Labute approximate surface area is 175 Å². The molecular formula is C23H24ClN3O2. The van der Waals surface area contributed by atoms with E-state index in [1.54, 1.807) is 19.2 Å². The predicted molar refractivity (Wildman–Crippen MR) is 116 cm³/mol. The molecule has 1 aliphatic rings. The Hall–Kier alpha value is -2.63. The maximum absolute atomic E-state index is 12.8. The summed E-state index contributed by atoms with van der Waals surface area (Å²) in [6, 6.07) is 11.5. The van der Waals surface area contributed by atoms with Gasteiger partial charge in [-0.25, -0.2) is 4.98 Å². The molecule has 1 aliphatic heterocycles. The molecule has 0 aliphatic carbocycles. The van der Waals surface area contributed by atoms with E-state index in [-0.39, 0.29) is 5.56 Å². The Morgan fingerprint density at radius 1 is 1.14 bits per heavy atom. The molecule has 150 valence electrons. The second-order valence-corrected chi connectivity index (χ2v) is 7.92. The summed E-state index contributed by atoms with van der Waals surface area (Å²) in [4.78, 5) is 22.7. The minimum Gasteiger partial charge on any atom is -0.496 e. The van der Waals surface area contributed by atoms with Crippen LogP contribution in [0.15, 0.2) is 41.2 Å². The zero-order valence-corrected chi connectivity index (χ0v) is 17.6. The molecule has 0 radical (unpaired) electrons. The summed E-state index contributed by atoms with van der Waals surface area (Å²) >= 11 is 5.96. The number of nitrogens with zero attached hydrogens (tertiary/aromatic N) is 2. The van der Waals surface area contributed by atoms with Gasteiger partial charge in [-0.2, -0.15) is 0 Å². The van der Waals surface area contributed by atoms with Crippen molar-refractivity contribution in [3.8, 4) is 17.1 Å². The van der Waals surface area contributed by atoms with E-state index in [9.17, 15) is 4.79 Å². The van der Waals surface area contributed by atoms with Gasteiger partial charge in [0.15, 0.2) is 0 Å². The lowest BCUT2D eigenvalue weighted by Gasteiger charge is -2.28. The molecule has 6 heteroatoms. The summed E-state index contributed by atoms with van der Waals surface area (Å²) in [7, 11) is 1.70. The molecule has 0 saturated heterocycles. The van der Waals surface area contributed by atoms with Crippen molar-refractivity contribution in [2.45, 2.75) is 33.4 Å². The SMILES string of the molecule is COc1ccc(CN2CCc3nc(-c4ccc(Cl)cc4)[nH]c(=O)c3C2)c(C)c1C. The number of ether oxygens (including phenoxy) is 1. The number of nitrogens with one attached hydrogen (secondary N) is 1. The molecule has 0 unspecified atom stereocenters. The number of aromatic nitrogens is 2. The number of hydrogen-bond acceptors (Lipinski definition) is 4. The second kappa shape index (κ2) is 8.01. The van der Waals surface area contributed by atoms with E-state index in [4.69, 9.17) is 21.3 Å². The van der Waals surface area contributed by atoms with Gasteiger partial charge in [0.1, 0.15) is 11.6 Å². The molecule has 0 amide bonds. The van der Waals surface area contributed by atoms with Crippen LogP contribution in [0.3, 0.4) is 0 Å². The summed E-state index contributed by atoms with van der Waals surface area (Å²) in [5.41, 5.74) is 6.10. The Balaban J connectivity index is 1.57. The molecule has 0 bridgehead atoms. The van der Waals surface area contributed by atoms with Crippen molar-refractivity contribution in [1.29, 1.82) is 0 Å². The molecule has 0 atom stereocenters. The van der Waals surface area contributed by atoms with Crippen LogP contribution in [0.2, 0.25) is 5.02 Å². The van der Waals surface area contributed by atoms with E-state index in [2.05, 4.69) is 29.8 Å². The molecular weight excluding hydrogens is 386 g/mol. The standard InChI is InChI=1S/C23H24ClN3O2/c1-14-15(2)21(29-3)9-6-17(14)12-27-11-10-20-19(13-27)23(28)26-22(25-20)16-4-7-18(24)8-5-16/h4-9H,10-13H2,1-3H3,(H,25,26,28). The fraction of sp³-hybridized carbons (Fsp3) is 0.304. The summed E-state index contributed by atoms with van der Waals surface area (Å²) in [6.07, 6.45) is 0.758. The van der Waals surface area contributed by atoms with Gasteiger partial charge in [-0.05, 0) is 60.9 Å². The van der Waals surface area contributed by atoms with E-state index in [1.165, 1.54) is 11.1 Å². The summed E-state index contributed by atoms with van der Waals surface area (Å²) < 4.78 is 5.41. The van der Waals surface area contributed by atoms with Crippen molar-refractivity contribution < 1.29 is 4.74 Å². The number of halogens is 1. The second-order valence-electron chi connectivity index (χ2n) is 7.48. The highest BCUT2D eigenvalue weighted by Crippen LogP contribution is 2.26. The molecule has 2 aromatic carbocycles. The molecule has 0 spiro atoms. The van der Waals surface area contributed by atoms with E-state index in [0.717, 1.165) is 47.6 Å². The fourth-order valence-corrected chi connectivity index (χ4v) is 3.97. The van der Waals surface area contributed by atoms with Gasteiger partial charge < -0.3 is 9.72 Å². The first kappa shape index (κ1) is 19.7. The molecule has 0 saturated carbocycles. The maximum atomic E-state index is 12.8. The smallest absolute Gasteiger partial charge is 0.255 e. The number of aromatic amines is 1. The van der Waals surface area contributed by atoms with Gasteiger partial charge >= 0.3 is 0 Å². The van der Waals surface area contributed by atoms with Gasteiger partial charge in [-0.15, -0.1) is 0 Å². The van der Waals surface area contributed by atoms with Crippen LogP contribution in [-0.2, 0) is 19.5 Å². The third-order valence-corrected chi connectivity index (χ3v) is 5.98. The normalized spacial score (nSPS) is 13.9. The molecule has 4 rings (SSSR count). The number of hydrogen-bond donors (Lipinski definition) is 1. The number of H-pyrrole nitrogens is 1. The Bertz CT molecular complexity index is 1110. The minimum atomic E-state index is -0.0627. The molecule has 29 heavy (non-hydrogen) atoms. The Kier molecular flexibility index (Phi) is 5.43. The van der Waals surface area contributed by atoms with Gasteiger partial charge in [0.2, 0.25) is 0 Å². The quantitative estimate of drug-likeness (QED) is 0.699. The summed E-state index contributed by atoms with van der Waals surface area (Å²) in [6.45, 7) is 6.47. The average molecular weight is 410 g/mol. The number of methoxy groups -OCH3 is 1. The van der Waals surface area contributed by atoms with E-state index < -0.39 is 0 Å². The van der Waals surface area contributed by atoms with Crippen LogP contribution in [0.5, 0.6) is 5.75 Å². The average Bonchev–Trinajstić information content (AvgIpc) is 2.72. The lowest BCUT2D eigenvalue weighted by atomic mass is 10.00. The topological polar surface area (TPSA) is 58.2 Å². The molecule has 2 heterocycles. The summed E-state index contributed by atoms with van der Waals surface area (Å²) in [5, 5.41) is 0.661. The van der Waals surface area contributed by atoms with Gasteiger partial charge in [0.05, 0.1) is 18.4 Å². The van der Waals surface area contributed by atoms with Crippen molar-refractivity contribution in [2.75, 3.05) is 13.7 Å². The van der Waals surface area contributed by atoms with Crippen LogP contribution in [0.4, 0.5) is 0 Å². The monoisotopic (exact) mass is 409 g/mol. The van der Waals surface area contributed by atoms with Crippen molar-refractivity contribution in [2.24, 2.45) is 0 Å². The minimum absolute atomic E-state index is 0.0627. The molecule has 5 nitrogen and oxygen atoms in total. The van der Waals surface area contributed by atoms with Gasteiger partial charge in [-0.3, -0.25) is 9.69 Å². The van der Waals surface area contributed by atoms with Crippen molar-refractivity contribution in [3.63, 3.8) is 0 Å². The Morgan fingerprint density at radius 3 is 2.62 bits per heavy atom. The van der Waals surface area contributed by atoms with E-state index >= 15 is 0 Å². The molecule has 1 aromatic heterocycles. The van der Waals surface area contributed by atoms with Gasteiger partial charge in [-0.1, -0.05) is 17.7 Å². The lowest BCUT2D eigenvalue weighted by Crippen LogP contribution is -2.35. The first-order chi connectivity index (χ1) is 14.0. The first-order valence-electron chi connectivity index (χ1n) is 9.69. The zero-order valence-electron chi connectivity index (χ0n) is 16.9. The zero-order chi connectivity index (χ0) is 20.5. The largest absolute Gasteiger partial charge is 0.496 e. The van der Waals surface area contributed by atoms with Crippen molar-refractivity contribution in [3.05, 3.63) is 79.7 Å².